The van der Waals surface area contributed by atoms with E-state index in [2.05, 4.69) is 0 Å². The second kappa shape index (κ2) is 4.50. The van der Waals surface area contributed by atoms with E-state index in [9.17, 15) is 15.0 Å². The molecule has 0 saturated carbocycles. The molecule has 2 N–H and O–H groups in total. The Hall–Kier alpha value is -1.71. The molecule has 0 aromatic carbocycles. The Morgan fingerprint density at radius 1 is 1.57 bits per heavy atom. The Bertz CT molecular complexity index is 312. The molecule has 76 valence electrons. The molecule has 0 bridgehead atoms. The van der Waals surface area contributed by atoms with Crippen molar-refractivity contribution >= 4 is 6.29 Å². The third kappa shape index (κ3) is 2.16. The lowest BCUT2D eigenvalue weighted by Crippen LogP contribution is -2.09. The summed E-state index contributed by atoms with van der Waals surface area (Å²) >= 11 is 0. The van der Waals surface area contributed by atoms with Crippen molar-refractivity contribution in [3.8, 4) is 0 Å². The standard InChI is InChI=1S/C10H12O4/c1-14-9-6-7(3-2-4-11)5-8(12)10(9)13/h2-5,7,12-13H,6H2,1H3/b3-2+/t7-/m1/s1. The molecule has 4 nitrogen and oxygen atoms in total. The van der Waals surface area contributed by atoms with Crippen LogP contribution in [0.15, 0.2) is 35.5 Å². The number of aldehydes is 1. The molecule has 0 aromatic heterocycles. The van der Waals surface area contributed by atoms with Crippen LogP contribution in [0.4, 0.5) is 0 Å². The second-order valence-corrected chi connectivity index (χ2v) is 2.92. The highest BCUT2D eigenvalue weighted by Gasteiger charge is 2.20. The van der Waals surface area contributed by atoms with Crippen molar-refractivity contribution in [3.05, 3.63) is 35.5 Å². The predicted octanol–water partition coefficient (Wildman–Crippen LogP) is 1.62. The summed E-state index contributed by atoms with van der Waals surface area (Å²) in [5, 5.41) is 18.6. The quantitative estimate of drug-likeness (QED) is 0.531. The van der Waals surface area contributed by atoms with E-state index < -0.39 is 0 Å². The lowest BCUT2D eigenvalue weighted by molar-refractivity contribution is -0.104. The van der Waals surface area contributed by atoms with Gasteiger partial charge in [-0.2, -0.15) is 0 Å². The van der Waals surface area contributed by atoms with Gasteiger partial charge in [-0.05, 0) is 12.2 Å². The molecular weight excluding hydrogens is 184 g/mol. The van der Waals surface area contributed by atoms with Crippen molar-refractivity contribution in [3.63, 3.8) is 0 Å². The van der Waals surface area contributed by atoms with E-state index >= 15 is 0 Å². The Balaban J connectivity index is 2.83. The van der Waals surface area contributed by atoms with Gasteiger partial charge in [-0.1, -0.05) is 6.08 Å². The predicted molar refractivity (Wildman–Crippen MR) is 50.7 cm³/mol. The fourth-order valence-electron chi connectivity index (χ4n) is 1.29. The number of rotatable bonds is 3. The van der Waals surface area contributed by atoms with Crippen LogP contribution in [0.5, 0.6) is 0 Å². The smallest absolute Gasteiger partial charge is 0.195 e. The molecular formula is C10H12O4. The van der Waals surface area contributed by atoms with Gasteiger partial charge < -0.3 is 14.9 Å². The Morgan fingerprint density at radius 3 is 2.86 bits per heavy atom. The van der Waals surface area contributed by atoms with E-state index in [1.807, 2.05) is 0 Å². The Labute approximate surface area is 81.8 Å². The molecule has 0 unspecified atom stereocenters. The number of methoxy groups -OCH3 is 1. The maximum absolute atomic E-state index is 10.1. The zero-order valence-corrected chi connectivity index (χ0v) is 7.80. The molecule has 1 rings (SSSR count). The fourth-order valence-corrected chi connectivity index (χ4v) is 1.29. The second-order valence-electron chi connectivity index (χ2n) is 2.92. The summed E-state index contributed by atoms with van der Waals surface area (Å²) < 4.78 is 4.89. The number of aliphatic hydroxyl groups excluding tert-OH is 2. The van der Waals surface area contributed by atoms with Gasteiger partial charge in [-0.25, -0.2) is 0 Å². The molecule has 1 aliphatic rings. The highest BCUT2D eigenvalue weighted by atomic mass is 16.5. The number of allylic oxidation sites excluding steroid dienone is 4. The molecule has 0 fully saturated rings. The molecule has 1 atom stereocenters. The summed E-state index contributed by atoms with van der Waals surface area (Å²) in [4.78, 5) is 10.1. The lowest BCUT2D eigenvalue weighted by Gasteiger charge is -2.17. The van der Waals surface area contributed by atoms with Crippen molar-refractivity contribution in [2.75, 3.05) is 7.11 Å². The maximum Gasteiger partial charge on any atom is 0.195 e. The molecule has 1 aliphatic carbocycles. The van der Waals surface area contributed by atoms with Crippen molar-refractivity contribution in [2.45, 2.75) is 6.42 Å². The van der Waals surface area contributed by atoms with Crippen molar-refractivity contribution in [1.82, 2.24) is 0 Å². The molecule has 14 heavy (non-hydrogen) atoms. The number of hydrogen-bond acceptors (Lipinski definition) is 4. The van der Waals surface area contributed by atoms with Gasteiger partial charge >= 0.3 is 0 Å². The van der Waals surface area contributed by atoms with Crippen LogP contribution in [0.1, 0.15) is 6.42 Å². The minimum atomic E-state index is -0.233. The summed E-state index contributed by atoms with van der Waals surface area (Å²) in [5.74, 6) is -0.242. The normalized spacial score (nSPS) is 22.4. The van der Waals surface area contributed by atoms with Crippen LogP contribution in [0, 0.1) is 5.92 Å². The van der Waals surface area contributed by atoms with Crippen LogP contribution in [0.3, 0.4) is 0 Å². The lowest BCUT2D eigenvalue weighted by atomic mass is 9.97. The minimum Gasteiger partial charge on any atom is -0.504 e. The molecule has 0 amide bonds. The minimum absolute atomic E-state index is 0.119. The Morgan fingerprint density at radius 2 is 2.29 bits per heavy atom. The van der Waals surface area contributed by atoms with E-state index in [0.717, 1.165) is 0 Å². The third-order valence-electron chi connectivity index (χ3n) is 1.98. The molecule has 0 spiro atoms. The van der Waals surface area contributed by atoms with Gasteiger partial charge in [0.1, 0.15) is 12.0 Å². The SMILES string of the molecule is COC1=C(O)C(O)=C[C@@H](/C=C/C=O)C1. The van der Waals surface area contributed by atoms with E-state index in [-0.39, 0.29) is 17.4 Å². The average Bonchev–Trinajstić information content (AvgIpc) is 2.19. The van der Waals surface area contributed by atoms with Crippen LogP contribution >= 0.6 is 0 Å². The van der Waals surface area contributed by atoms with Gasteiger partial charge in [0.25, 0.3) is 0 Å². The monoisotopic (exact) mass is 196 g/mol. The third-order valence-corrected chi connectivity index (χ3v) is 1.98. The van der Waals surface area contributed by atoms with Gasteiger partial charge in [0.05, 0.1) is 7.11 Å². The van der Waals surface area contributed by atoms with Crippen molar-refractivity contribution < 1.29 is 19.7 Å². The van der Waals surface area contributed by atoms with Gasteiger partial charge in [0.15, 0.2) is 11.5 Å². The molecule has 0 radical (unpaired) electrons. The molecule has 0 heterocycles. The first-order valence-electron chi connectivity index (χ1n) is 4.18. The van der Waals surface area contributed by atoms with E-state index in [1.165, 1.54) is 19.3 Å². The topological polar surface area (TPSA) is 66.8 Å². The van der Waals surface area contributed by atoms with Gasteiger partial charge in [0.2, 0.25) is 0 Å². The zero-order valence-electron chi connectivity index (χ0n) is 7.80. The van der Waals surface area contributed by atoms with Crippen LogP contribution in [0.25, 0.3) is 0 Å². The number of ether oxygens (including phenoxy) is 1. The van der Waals surface area contributed by atoms with Crippen molar-refractivity contribution in [2.24, 2.45) is 5.92 Å². The van der Waals surface area contributed by atoms with E-state index in [0.29, 0.717) is 18.5 Å². The van der Waals surface area contributed by atoms with Crippen molar-refractivity contribution in [1.29, 1.82) is 0 Å². The summed E-state index contributed by atoms with van der Waals surface area (Å²) in [5.41, 5.74) is 0. The van der Waals surface area contributed by atoms with E-state index in [1.54, 1.807) is 6.08 Å². The molecule has 0 saturated heterocycles. The van der Waals surface area contributed by atoms with Crippen LogP contribution < -0.4 is 0 Å². The van der Waals surface area contributed by atoms with Gasteiger partial charge in [-0.3, -0.25) is 4.79 Å². The van der Waals surface area contributed by atoms with E-state index in [4.69, 9.17) is 4.74 Å². The zero-order chi connectivity index (χ0) is 10.6. The first kappa shape index (κ1) is 10.4. The fraction of sp³-hybridized carbons (Fsp3) is 0.300. The summed E-state index contributed by atoms with van der Waals surface area (Å²) in [7, 11) is 1.42. The first-order valence-corrected chi connectivity index (χ1v) is 4.18. The molecule has 4 heteroatoms. The van der Waals surface area contributed by atoms with Crippen LogP contribution in [-0.4, -0.2) is 23.6 Å². The number of aliphatic hydroxyl groups is 2. The summed E-state index contributed by atoms with van der Waals surface area (Å²) in [6, 6.07) is 0. The summed E-state index contributed by atoms with van der Waals surface area (Å²) in [6.07, 6.45) is 5.56. The first-order chi connectivity index (χ1) is 6.69. The maximum atomic E-state index is 10.1. The number of hydrogen-bond donors (Lipinski definition) is 2. The number of carbonyl (C=O) groups is 1. The van der Waals surface area contributed by atoms with Crippen LogP contribution in [-0.2, 0) is 9.53 Å². The molecule has 0 aliphatic heterocycles. The van der Waals surface area contributed by atoms with Crippen LogP contribution in [0.2, 0.25) is 0 Å². The average molecular weight is 196 g/mol. The highest BCUT2D eigenvalue weighted by molar-refractivity contribution is 5.64. The largest absolute Gasteiger partial charge is 0.504 e. The van der Waals surface area contributed by atoms with Gasteiger partial charge in [-0.15, -0.1) is 0 Å². The Kier molecular flexibility index (Phi) is 3.34. The highest BCUT2D eigenvalue weighted by Crippen LogP contribution is 2.27. The number of carbonyl (C=O) groups excluding carboxylic acids is 1. The summed E-state index contributed by atoms with van der Waals surface area (Å²) in [6.45, 7) is 0. The van der Waals surface area contributed by atoms with Gasteiger partial charge in [0, 0.05) is 12.3 Å². The molecule has 0 aromatic rings.